The maximum absolute atomic E-state index is 12.5. The van der Waals surface area contributed by atoms with Gasteiger partial charge in [0.25, 0.3) is 0 Å². The highest BCUT2D eigenvalue weighted by Gasteiger charge is 2.03. The van der Waals surface area contributed by atoms with Crippen LogP contribution in [-0.2, 0) is 0 Å². The number of halogens is 1. The van der Waals surface area contributed by atoms with Gasteiger partial charge in [-0.15, -0.1) is 0 Å². The van der Waals surface area contributed by atoms with Gasteiger partial charge < -0.3 is 5.32 Å². The van der Waals surface area contributed by atoms with Crippen molar-refractivity contribution in [2.45, 2.75) is 19.4 Å². The summed E-state index contributed by atoms with van der Waals surface area (Å²) in [6.45, 7) is 2.06. The summed E-state index contributed by atoms with van der Waals surface area (Å²) >= 11 is 1.80. The van der Waals surface area contributed by atoms with Crippen molar-refractivity contribution in [3.8, 4) is 0 Å². The number of hydrogen-bond acceptors (Lipinski definition) is 4. The molecular formula is C9H14FN3S. The first-order chi connectivity index (χ1) is 6.72. The lowest BCUT2D eigenvalue weighted by molar-refractivity contribution is 0.613. The minimum atomic E-state index is -0.410. The average molecular weight is 215 g/mol. The maximum atomic E-state index is 12.5. The van der Waals surface area contributed by atoms with Gasteiger partial charge in [0, 0.05) is 6.04 Å². The molecule has 1 atom stereocenters. The highest BCUT2D eigenvalue weighted by Crippen LogP contribution is 2.05. The Hall–Kier alpha value is -0.840. The minimum absolute atomic E-state index is 0.313. The first kappa shape index (κ1) is 11.2. The summed E-state index contributed by atoms with van der Waals surface area (Å²) in [6.07, 6.45) is 5.44. The maximum Gasteiger partial charge on any atom is 0.222 e. The summed E-state index contributed by atoms with van der Waals surface area (Å²) in [5, 5.41) is 3.10. The third-order valence-electron chi connectivity index (χ3n) is 1.75. The van der Waals surface area contributed by atoms with E-state index in [4.69, 9.17) is 0 Å². The Balaban J connectivity index is 2.39. The fourth-order valence-corrected chi connectivity index (χ4v) is 1.56. The van der Waals surface area contributed by atoms with Crippen LogP contribution in [-0.4, -0.2) is 28.0 Å². The van der Waals surface area contributed by atoms with Crippen LogP contribution in [0.2, 0.25) is 0 Å². The van der Waals surface area contributed by atoms with Crippen LogP contribution in [0.15, 0.2) is 12.4 Å². The van der Waals surface area contributed by atoms with Gasteiger partial charge in [-0.05, 0) is 25.4 Å². The van der Waals surface area contributed by atoms with Gasteiger partial charge in [-0.25, -0.2) is 14.4 Å². The van der Waals surface area contributed by atoms with E-state index in [-0.39, 0.29) is 0 Å². The minimum Gasteiger partial charge on any atom is -0.352 e. The summed E-state index contributed by atoms with van der Waals surface area (Å²) in [6, 6.07) is 0.313. The van der Waals surface area contributed by atoms with Crippen molar-refractivity contribution in [1.82, 2.24) is 9.97 Å². The Bertz CT molecular complexity index is 265. The molecule has 5 heteroatoms. The molecule has 0 bridgehead atoms. The number of rotatable bonds is 5. The monoisotopic (exact) mass is 215 g/mol. The summed E-state index contributed by atoms with van der Waals surface area (Å²) < 4.78 is 12.5. The zero-order valence-corrected chi connectivity index (χ0v) is 9.14. The standard InChI is InChI=1S/C9H14FN3S/c1-7(3-4-14-2)13-9-11-5-8(10)6-12-9/h5-7H,3-4H2,1-2H3,(H,11,12,13). The molecule has 0 radical (unpaired) electrons. The fraction of sp³-hybridized carbons (Fsp3) is 0.556. The van der Waals surface area contributed by atoms with Gasteiger partial charge in [0.05, 0.1) is 12.4 Å². The van der Waals surface area contributed by atoms with Crippen LogP contribution in [0, 0.1) is 5.82 Å². The predicted molar refractivity (Wildman–Crippen MR) is 58.1 cm³/mol. The van der Waals surface area contributed by atoms with Crippen molar-refractivity contribution in [2.75, 3.05) is 17.3 Å². The molecule has 0 aliphatic rings. The molecule has 78 valence electrons. The molecule has 1 N–H and O–H groups in total. The Kier molecular flexibility index (Phi) is 4.65. The number of nitrogens with zero attached hydrogens (tertiary/aromatic N) is 2. The van der Waals surface area contributed by atoms with Gasteiger partial charge in [0.2, 0.25) is 5.95 Å². The van der Waals surface area contributed by atoms with Crippen LogP contribution < -0.4 is 5.32 Å². The smallest absolute Gasteiger partial charge is 0.222 e. The quantitative estimate of drug-likeness (QED) is 0.817. The van der Waals surface area contributed by atoms with Gasteiger partial charge in [-0.1, -0.05) is 0 Å². The van der Waals surface area contributed by atoms with E-state index >= 15 is 0 Å². The number of thioether (sulfide) groups is 1. The third kappa shape index (κ3) is 3.91. The molecule has 0 aliphatic heterocycles. The van der Waals surface area contributed by atoms with Gasteiger partial charge in [0.1, 0.15) is 0 Å². The molecule has 14 heavy (non-hydrogen) atoms. The average Bonchev–Trinajstić information content (AvgIpc) is 2.18. The summed E-state index contributed by atoms with van der Waals surface area (Å²) in [5.74, 6) is 1.17. The molecule has 1 unspecified atom stereocenters. The lowest BCUT2D eigenvalue weighted by atomic mass is 10.3. The van der Waals surface area contributed by atoms with Gasteiger partial charge in [-0.3, -0.25) is 0 Å². The van der Waals surface area contributed by atoms with Crippen molar-refractivity contribution in [3.63, 3.8) is 0 Å². The van der Waals surface area contributed by atoms with E-state index in [9.17, 15) is 4.39 Å². The second-order valence-electron chi connectivity index (χ2n) is 3.05. The third-order valence-corrected chi connectivity index (χ3v) is 2.39. The predicted octanol–water partition coefficient (Wildman–Crippen LogP) is 2.17. The first-order valence-electron chi connectivity index (χ1n) is 4.45. The molecule has 1 aromatic heterocycles. The van der Waals surface area contributed by atoms with Crippen molar-refractivity contribution >= 4 is 17.7 Å². The van der Waals surface area contributed by atoms with E-state index in [1.807, 2.05) is 0 Å². The second-order valence-corrected chi connectivity index (χ2v) is 4.04. The molecule has 1 aromatic rings. The Morgan fingerprint density at radius 3 is 2.71 bits per heavy atom. The van der Waals surface area contributed by atoms with E-state index in [0.29, 0.717) is 12.0 Å². The summed E-state index contributed by atoms with van der Waals surface area (Å²) in [4.78, 5) is 7.64. The highest BCUT2D eigenvalue weighted by atomic mass is 32.2. The van der Waals surface area contributed by atoms with Crippen LogP contribution in [0.5, 0.6) is 0 Å². The first-order valence-corrected chi connectivity index (χ1v) is 5.84. The number of hydrogen-bond donors (Lipinski definition) is 1. The van der Waals surface area contributed by atoms with Crippen molar-refractivity contribution in [2.24, 2.45) is 0 Å². The van der Waals surface area contributed by atoms with Gasteiger partial charge in [-0.2, -0.15) is 11.8 Å². The molecule has 0 spiro atoms. The number of aromatic nitrogens is 2. The zero-order chi connectivity index (χ0) is 10.4. The lowest BCUT2D eigenvalue weighted by Gasteiger charge is -2.12. The fourth-order valence-electron chi connectivity index (χ4n) is 0.974. The second kappa shape index (κ2) is 5.80. The Labute approximate surface area is 87.5 Å². The van der Waals surface area contributed by atoms with Crippen molar-refractivity contribution < 1.29 is 4.39 Å². The van der Waals surface area contributed by atoms with Gasteiger partial charge in [0.15, 0.2) is 5.82 Å². The molecule has 1 rings (SSSR count). The molecule has 0 saturated heterocycles. The van der Waals surface area contributed by atoms with Crippen LogP contribution >= 0.6 is 11.8 Å². The number of anilines is 1. The molecular weight excluding hydrogens is 201 g/mol. The van der Waals surface area contributed by atoms with E-state index in [0.717, 1.165) is 24.6 Å². The largest absolute Gasteiger partial charge is 0.352 e. The van der Waals surface area contributed by atoms with Crippen LogP contribution in [0.1, 0.15) is 13.3 Å². The topological polar surface area (TPSA) is 37.8 Å². The lowest BCUT2D eigenvalue weighted by Crippen LogP contribution is -2.17. The summed E-state index contributed by atoms with van der Waals surface area (Å²) in [5.41, 5.74) is 0. The molecule has 0 aromatic carbocycles. The van der Waals surface area contributed by atoms with Crippen molar-refractivity contribution in [3.05, 3.63) is 18.2 Å². The highest BCUT2D eigenvalue weighted by molar-refractivity contribution is 7.98. The van der Waals surface area contributed by atoms with Crippen LogP contribution in [0.3, 0.4) is 0 Å². The Morgan fingerprint density at radius 1 is 1.50 bits per heavy atom. The van der Waals surface area contributed by atoms with E-state index in [1.165, 1.54) is 0 Å². The summed E-state index contributed by atoms with van der Waals surface area (Å²) in [7, 11) is 0. The van der Waals surface area contributed by atoms with Crippen molar-refractivity contribution in [1.29, 1.82) is 0 Å². The van der Waals surface area contributed by atoms with E-state index in [2.05, 4.69) is 28.5 Å². The molecule has 0 amide bonds. The molecule has 3 nitrogen and oxygen atoms in total. The van der Waals surface area contributed by atoms with E-state index < -0.39 is 5.82 Å². The SMILES string of the molecule is CSCCC(C)Nc1ncc(F)cn1. The zero-order valence-electron chi connectivity index (χ0n) is 8.33. The molecule has 1 heterocycles. The van der Waals surface area contributed by atoms with Crippen LogP contribution in [0.4, 0.5) is 10.3 Å². The number of nitrogens with one attached hydrogen (secondary N) is 1. The van der Waals surface area contributed by atoms with Gasteiger partial charge >= 0.3 is 0 Å². The molecule has 0 saturated carbocycles. The Morgan fingerprint density at radius 2 is 2.14 bits per heavy atom. The normalized spacial score (nSPS) is 12.5. The molecule has 0 aliphatic carbocycles. The molecule has 0 fully saturated rings. The van der Waals surface area contributed by atoms with Crippen LogP contribution in [0.25, 0.3) is 0 Å². The van der Waals surface area contributed by atoms with E-state index in [1.54, 1.807) is 11.8 Å².